The number of anilines is 2. The number of amides is 1. The van der Waals surface area contributed by atoms with Gasteiger partial charge in [0.25, 0.3) is 0 Å². The van der Waals surface area contributed by atoms with E-state index in [4.69, 9.17) is 0 Å². The highest BCUT2D eigenvalue weighted by Crippen LogP contribution is 2.29. The zero-order valence-corrected chi connectivity index (χ0v) is 13.1. The van der Waals surface area contributed by atoms with E-state index in [-0.39, 0.29) is 5.91 Å². The molecular formula is C19H19N3O. The van der Waals surface area contributed by atoms with E-state index in [1.165, 1.54) is 11.3 Å². The molecule has 0 saturated heterocycles. The van der Waals surface area contributed by atoms with Gasteiger partial charge in [0.15, 0.2) is 0 Å². The van der Waals surface area contributed by atoms with Crippen LogP contribution in [0, 0.1) is 0 Å². The normalized spacial score (nSPS) is 13.3. The second kappa shape index (κ2) is 5.47. The number of aromatic amines is 1. The number of hydrogen-bond acceptors (Lipinski definition) is 2. The molecule has 2 N–H and O–H groups in total. The van der Waals surface area contributed by atoms with E-state index in [1.54, 1.807) is 0 Å². The number of rotatable bonds is 3. The summed E-state index contributed by atoms with van der Waals surface area (Å²) in [6.45, 7) is 1.04. The highest BCUT2D eigenvalue weighted by molar-refractivity contribution is 5.96. The predicted octanol–water partition coefficient (Wildman–Crippen LogP) is 3.34. The highest BCUT2D eigenvalue weighted by atomic mass is 16.1. The van der Waals surface area contributed by atoms with Gasteiger partial charge in [-0.25, -0.2) is 0 Å². The lowest BCUT2D eigenvalue weighted by Gasteiger charge is -2.13. The van der Waals surface area contributed by atoms with Gasteiger partial charge in [0.05, 0.1) is 6.42 Å². The van der Waals surface area contributed by atoms with Gasteiger partial charge in [-0.05, 0) is 35.7 Å². The van der Waals surface area contributed by atoms with Crippen LogP contribution in [0.2, 0.25) is 0 Å². The predicted molar refractivity (Wildman–Crippen MR) is 94.0 cm³/mol. The molecule has 0 aliphatic carbocycles. The number of carbonyl (C=O) groups is 1. The summed E-state index contributed by atoms with van der Waals surface area (Å²) in [4.78, 5) is 17.8. The largest absolute Gasteiger partial charge is 0.374 e. The van der Waals surface area contributed by atoms with E-state index in [0.29, 0.717) is 6.42 Å². The summed E-state index contributed by atoms with van der Waals surface area (Å²) in [6, 6.07) is 14.2. The number of H-pyrrole nitrogens is 1. The van der Waals surface area contributed by atoms with Crippen molar-refractivity contribution in [3.05, 3.63) is 59.8 Å². The zero-order chi connectivity index (χ0) is 15.8. The molecule has 2 aromatic carbocycles. The lowest BCUT2D eigenvalue weighted by Crippen LogP contribution is -2.15. The topological polar surface area (TPSA) is 48.1 Å². The molecule has 0 radical (unpaired) electrons. The molecule has 0 saturated carbocycles. The first-order chi connectivity index (χ1) is 11.2. The molecule has 4 heteroatoms. The van der Waals surface area contributed by atoms with Crippen molar-refractivity contribution in [1.82, 2.24) is 4.98 Å². The summed E-state index contributed by atoms with van der Waals surface area (Å²) in [5.74, 6) is 0.00959. The third-order valence-electron chi connectivity index (χ3n) is 4.52. The number of benzene rings is 2. The number of likely N-dealkylation sites (N-methyl/N-ethyl adjacent to an activating group) is 1. The number of nitrogens with zero attached hydrogens (tertiary/aromatic N) is 1. The number of hydrogen-bond donors (Lipinski definition) is 2. The Bertz CT molecular complexity index is 881. The minimum Gasteiger partial charge on any atom is -0.374 e. The van der Waals surface area contributed by atoms with Crippen LogP contribution in [0.5, 0.6) is 0 Å². The van der Waals surface area contributed by atoms with E-state index in [9.17, 15) is 4.79 Å². The summed E-state index contributed by atoms with van der Waals surface area (Å²) in [7, 11) is 2.09. The Morgan fingerprint density at radius 3 is 3.04 bits per heavy atom. The molecule has 1 aliphatic heterocycles. The fourth-order valence-corrected chi connectivity index (χ4v) is 3.27. The monoisotopic (exact) mass is 305 g/mol. The SMILES string of the molecule is CN1CCc2ccc(NC(=O)Cc3c[nH]c4ccccc34)cc21. The van der Waals surface area contributed by atoms with Crippen molar-refractivity contribution >= 4 is 28.2 Å². The van der Waals surface area contributed by atoms with Gasteiger partial charge in [-0.15, -0.1) is 0 Å². The van der Waals surface area contributed by atoms with E-state index >= 15 is 0 Å². The van der Waals surface area contributed by atoms with Gasteiger partial charge < -0.3 is 15.2 Å². The fraction of sp³-hybridized carbons (Fsp3) is 0.211. The molecule has 4 nitrogen and oxygen atoms in total. The van der Waals surface area contributed by atoms with Gasteiger partial charge in [0, 0.05) is 42.1 Å². The van der Waals surface area contributed by atoms with Crippen molar-refractivity contribution in [1.29, 1.82) is 0 Å². The van der Waals surface area contributed by atoms with Gasteiger partial charge in [0.2, 0.25) is 5.91 Å². The average molecular weight is 305 g/mol. The highest BCUT2D eigenvalue weighted by Gasteiger charge is 2.16. The zero-order valence-electron chi connectivity index (χ0n) is 13.1. The lowest BCUT2D eigenvalue weighted by atomic mass is 10.1. The first-order valence-electron chi connectivity index (χ1n) is 7.89. The van der Waals surface area contributed by atoms with Gasteiger partial charge in [-0.2, -0.15) is 0 Å². The quantitative estimate of drug-likeness (QED) is 0.779. The molecule has 0 spiro atoms. The van der Waals surface area contributed by atoms with Crippen LogP contribution < -0.4 is 10.2 Å². The summed E-state index contributed by atoms with van der Waals surface area (Å²) in [6.07, 6.45) is 3.37. The molecule has 3 aromatic rings. The molecule has 1 aliphatic rings. The molecule has 0 atom stereocenters. The maximum Gasteiger partial charge on any atom is 0.228 e. The smallest absolute Gasteiger partial charge is 0.228 e. The summed E-state index contributed by atoms with van der Waals surface area (Å²) < 4.78 is 0. The lowest BCUT2D eigenvalue weighted by molar-refractivity contribution is -0.115. The maximum absolute atomic E-state index is 12.4. The second-order valence-corrected chi connectivity index (χ2v) is 6.10. The van der Waals surface area contributed by atoms with Gasteiger partial charge in [-0.3, -0.25) is 4.79 Å². The van der Waals surface area contributed by atoms with E-state index in [2.05, 4.69) is 34.4 Å². The maximum atomic E-state index is 12.4. The van der Waals surface area contributed by atoms with Crippen LogP contribution in [0.4, 0.5) is 11.4 Å². The van der Waals surface area contributed by atoms with E-state index < -0.39 is 0 Å². The second-order valence-electron chi connectivity index (χ2n) is 6.10. The van der Waals surface area contributed by atoms with Crippen LogP contribution in [0.3, 0.4) is 0 Å². The van der Waals surface area contributed by atoms with Gasteiger partial charge >= 0.3 is 0 Å². The van der Waals surface area contributed by atoms with E-state index in [1.807, 2.05) is 36.5 Å². The van der Waals surface area contributed by atoms with Crippen molar-refractivity contribution in [2.45, 2.75) is 12.8 Å². The van der Waals surface area contributed by atoms with Crippen molar-refractivity contribution in [3.63, 3.8) is 0 Å². The average Bonchev–Trinajstić information content (AvgIpc) is 3.12. The molecule has 1 aromatic heterocycles. The Morgan fingerprint density at radius 1 is 1.26 bits per heavy atom. The third kappa shape index (κ3) is 2.57. The minimum atomic E-state index is 0.00959. The number of aromatic nitrogens is 1. The number of fused-ring (bicyclic) bond motifs is 2. The fourth-order valence-electron chi connectivity index (χ4n) is 3.27. The first kappa shape index (κ1) is 13.9. The van der Waals surface area contributed by atoms with Crippen LogP contribution >= 0.6 is 0 Å². The molecular weight excluding hydrogens is 286 g/mol. The summed E-state index contributed by atoms with van der Waals surface area (Å²) in [5, 5.41) is 4.12. The molecule has 116 valence electrons. The standard InChI is InChI=1S/C19H19N3O/c1-22-9-8-13-6-7-15(11-18(13)22)21-19(23)10-14-12-20-17-5-3-2-4-16(14)17/h2-7,11-12,20H,8-10H2,1H3,(H,21,23). The molecule has 0 fully saturated rings. The van der Waals surface area contributed by atoms with Crippen LogP contribution in [0.25, 0.3) is 10.9 Å². The van der Waals surface area contributed by atoms with E-state index in [0.717, 1.165) is 35.1 Å². The van der Waals surface area contributed by atoms with Crippen LogP contribution in [0.1, 0.15) is 11.1 Å². The van der Waals surface area contributed by atoms with Crippen LogP contribution in [0.15, 0.2) is 48.7 Å². The Labute approximate surface area is 135 Å². The summed E-state index contributed by atoms with van der Waals surface area (Å²) in [5.41, 5.74) is 5.52. The van der Waals surface area contributed by atoms with Crippen LogP contribution in [-0.4, -0.2) is 24.5 Å². The van der Waals surface area contributed by atoms with Gasteiger partial charge in [-0.1, -0.05) is 24.3 Å². The number of nitrogens with one attached hydrogen (secondary N) is 2. The molecule has 0 unspecified atom stereocenters. The molecule has 1 amide bonds. The molecule has 2 heterocycles. The van der Waals surface area contributed by atoms with Gasteiger partial charge in [0.1, 0.15) is 0 Å². The number of carbonyl (C=O) groups excluding carboxylic acids is 1. The van der Waals surface area contributed by atoms with Crippen molar-refractivity contribution in [2.24, 2.45) is 0 Å². The van der Waals surface area contributed by atoms with Crippen molar-refractivity contribution in [3.8, 4) is 0 Å². The van der Waals surface area contributed by atoms with Crippen molar-refractivity contribution in [2.75, 3.05) is 23.8 Å². The van der Waals surface area contributed by atoms with Crippen LogP contribution in [-0.2, 0) is 17.6 Å². The summed E-state index contributed by atoms with van der Waals surface area (Å²) >= 11 is 0. The Hall–Kier alpha value is -2.75. The van der Waals surface area contributed by atoms with Crippen molar-refractivity contribution < 1.29 is 4.79 Å². The number of para-hydroxylation sites is 1. The Balaban J connectivity index is 1.51. The Morgan fingerprint density at radius 2 is 2.13 bits per heavy atom. The third-order valence-corrected chi connectivity index (χ3v) is 4.52. The molecule has 0 bridgehead atoms. The minimum absolute atomic E-state index is 0.00959. The first-order valence-corrected chi connectivity index (χ1v) is 7.89. The molecule has 23 heavy (non-hydrogen) atoms. The Kier molecular flexibility index (Phi) is 3.30. The molecule has 4 rings (SSSR count).